The Hall–Kier alpha value is -1.22. The molecular formula is C22H29Cl3N4O2S. The van der Waals surface area contributed by atoms with Gasteiger partial charge in [0.2, 0.25) is 0 Å². The first kappa shape index (κ1) is 27.0. The van der Waals surface area contributed by atoms with Crippen molar-refractivity contribution in [1.82, 2.24) is 4.98 Å². The number of pyridine rings is 1. The van der Waals surface area contributed by atoms with Crippen molar-refractivity contribution in [3.63, 3.8) is 0 Å². The Morgan fingerprint density at radius 2 is 1.84 bits per heavy atom. The van der Waals surface area contributed by atoms with E-state index in [0.29, 0.717) is 6.61 Å². The van der Waals surface area contributed by atoms with Crippen molar-refractivity contribution in [2.75, 3.05) is 57.3 Å². The Bertz CT molecular complexity index is 897. The van der Waals surface area contributed by atoms with Gasteiger partial charge in [0.05, 0.1) is 17.1 Å². The first-order valence-corrected chi connectivity index (χ1v) is 11.8. The topological polar surface area (TPSA) is 51.3 Å². The Balaban J connectivity index is 0.00000181. The van der Waals surface area contributed by atoms with Crippen molar-refractivity contribution < 1.29 is 44.1 Å². The van der Waals surface area contributed by atoms with E-state index in [4.69, 9.17) is 16.3 Å². The highest BCUT2D eigenvalue weighted by Gasteiger charge is 2.26. The molecule has 0 amide bonds. The van der Waals surface area contributed by atoms with Gasteiger partial charge in [0, 0.05) is 36.0 Å². The summed E-state index contributed by atoms with van der Waals surface area (Å²) in [7, 11) is 0. The van der Waals surface area contributed by atoms with Crippen LogP contribution in [0, 0.1) is 0 Å². The van der Waals surface area contributed by atoms with E-state index in [1.165, 1.54) is 40.4 Å². The number of anilines is 2. The molecule has 1 aromatic carbocycles. The summed E-state index contributed by atoms with van der Waals surface area (Å²) in [4.78, 5) is 23.5. The van der Waals surface area contributed by atoms with Crippen LogP contribution in [0.3, 0.4) is 0 Å². The standard InChI is InChI=1S/C22H27ClN4O2S.2ClH/c1-17(28)29-15-14-26-12-10-25(11-13-26)8-3-9-27-19-6-5-18(23)16-21(19)30-20-4-2-7-24-22(20)27;;/h2,4-7,16H,3,8-15H2,1H3;2*1H. The molecule has 6 nitrogen and oxygen atoms in total. The second-order valence-electron chi connectivity index (χ2n) is 7.88. The molecule has 2 aliphatic heterocycles. The van der Waals surface area contributed by atoms with Crippen molar-refractivity contribution in [3.05, 3.63) is 41.6 Å². The largest absolute Gasteiger partial charge is 1.00 e. The SMILES string of the molecule is CC(=O)OCC[NH+]1CC[NH+](CCCN2c3ccc(Cl)cc3Sc3cccnc32)CC1.[Cl-].[Cl-]. The third-order valence-electron chi connectivity index (χ3n) is 5.78. The molecule has 10 heteroatoms. The minimum Gasteiger partial charge on any atom is -1.00 e. The van der Waals surface area contributed by atoms with E-state index in [0.717, 1.165) is 50.0 Å². The number of hydrogen-bond donors (Lipinski definition) is 2. The van der Waals surface area contributed by atoms with Gasteiger partial charge in [-0.25, -0.2) is 4.98 Å². The smallest absolute Gasteiger partial charge is 0.302 e. The lowest BCUT2D eigenvalue weighted by molar-refractivity contribution is -1.01. The van der Waals surface area contributed by atoms with Gasteiger partial charge in [0.25, 0.3) is 0 Å². The van der Waals surface area contributed by atoms with Gasteiger partial charge in [-0.15, -0.1) is 0 Å². The summed E-state index contributed by atoms with van der Waals surface area (Å²) in [5.74, 6) is 0.863. The number of hydrogen-bond acceptors (Lipinski definition) is 5. The molecule has 32 heavy (non-hydrogen) atoms. The van der Waals surface area contributed by atoms with Crippen molar-refractivity contribution in [1.29, 1.82) is 0 Å². The molecule has 1 saturated heterocycles. The van der Waals surface area contributed by atoms with Crippen LogP contribution in [0.15, 0.2) is 46.3 Å². The lowest BCUT2D eigenvalue weighted by Gasteiger charge is -2.33. The Morgan fingerprint density at radius 1 is 1.12 bits per heavy atom. The van der Waals surface area contributed by atoms with Crippen LogP contribution < -0.4 is 39.5 Å². The van der Waals surface area contributed by atoms with Crippen molar-refractivity contribution in [2.24, 2.45) is 0 Å². The molecule has 1 aromatic heterocycles. The first-order chi connectivity index (χ1) is 14.6. The molecule has 0 spiro atoms. The molecule has 2 aromatic rings. The van der Waals surface area contributed by atoms with E-state index in [1.54, 1.807) is 16.7 Å². The number of quaternary nitrogens is 2. The summed E-state index contributed by atoms with van der Waals surface area (Å²) in [5.41, 5.74) is 1.20. The normalized spacial score (nSPS) is 19.1. The molecule has 3 heterocycles. The molecule has 0 saturated carbocycles. The molecule has 1 fully saturated rings. The molecule has 176 valence electrons. The van der Waals surface area contributed by atoms with Gasteiger partial charge < -0.3 is 44.3 Å². The second-order valence-corrected chi connectivity index (χ2v) is 9.40. The number of esters is 1. The molecule has 2 N–H and O–H groups in total. The van der Waals surface area contributed by atoms with Crippen LogP contribution in [0.2, 0.25) is 5.02 Å². The fourth-order valence-electron chi connectivity index (χ4n) is 4.20. The molecule has 0 aliphatic carbocycles. The highest BCUT2D eigenvalue weighted by Crippen LogP contribution is 2.47. The first-order valence-electron chi connectivity index (χ1n) is 10.6. The number of nitrogens with one attached hydrogen (secondary N) is 2. The number of nitrogens with zero attached hydrogens (tertiary/aromatic N) is 2. The third kappa shape index (κ3) is 6.89. The number of benzene rings is 1. The predicted molar refractivity (Wildman–Crippen MR) is 119 cm³/mol. The van der Waals surface area contributed by atoms with E-state index in [-0.39, 0.29) is 30.8 Å². The third-order valence-corrected chi connectivity index (χ3v) is 7.10. The lowest BCUT2D eigenvalue weighted by Crippen LogP contribution is -3.28. The Kier molecular flexibility index (Phi) is 10.9. The lowest BCUT2D eigenvalue weighted by atomic mass is 10.2. The van der Waals surface area contributed by atoms with Crippen LogP contribution in [-0.2, 0) is 9.53 Å². The van der Waals surface area contributed by atoms with Crippen molar-refractivity contribution in [3.8, 4) is 0 Å². The number of halogens is 3. The summed E-state index contributed by atoms with van der Waals surface area (Å²) >= 11 is 7.98. The molecule has 2 aliphatic rings. The maximum Gasteiger partial charge on any atom is 0.302 e. The highest BCUT2D eigenvalue weighted by atomic mass is 35.5. The Morgan fingerprint density at radius 3 is 2.56 bits per heavy atom. The van der Waals surface area contributed by atoms with E-state index in [1.807, 2.05) is 24.4 Å². The summed E-state index contributed by atoms with van der Waals surface area (Å²) in [5, 5.41) is 0.770. The summed E-state index contributed by atoms with van der Waals surface area (Å²) < 4.78 is 5.08. The fraction of sp³-hybridized carbons (Fsp3) is 0.455. The van der Waals surface area contributed by atoms with E-state index in [9.17, 15) is 4.79 Å². The van der Waals surface area contributed by atoms with Crippen LogP contribution in [0.5, 0.6) is 0 Å². The van der Waals surface area contributed by atoms with Crippen molar-refractivity contribution >= 4 is 40.8 Å². The van der Waals surface area contributed by atoms with Crippen LogP contribution in [0.4, 0.5) is 11.5 Å². The summed E-state index contributed by atoms with van der Waals surface area (Å²) in [6, 6.07) is 10.2. The zero-order valence-electron chi connectivity index (χ0n) is 18.1. The monoisotopic (exact) mass is 518 g/mol. The van der Waals surface area contributed by atoms with Crippen LogP contribution in [0.25, 0.3) is 0 Å². The van der Waals surface area contributed by atoms with E-state index < -0.39 is 0 Å². The molecular weight excluding hydrogens is 491 g/mol. The zero-order valence-corrected chi connectivity index (χ0v) is 21.2. The minimum absolute atomic E-state index is 0. The number of carbonyl (C=O) groups is 1. The van der Waals surface area contributed by atoms with Gasteiger partial charge in [0.15, 0.2) is 0 Å². The fourth-order valence-corrected chi connectivity index (χ4v) is 5.54. The minimum atomic E-state index is -0.185. The van der Waals surface area contributed by atoms with Gasteiger partial charge in [-0.05, 0) is 30.3 Å². The zero-order chi connectivity index (χ0) is 20.9. The quantitative estimate of drug-likeness (QED) is 0.359. The number of fused-ring (bicyclic) bond motifs is 2. The highest BCUT2D eigenvalue weighted by molar-refractivity contribution is 7.99. The maximum atomic E-state index is 10.9. The number of carbonyl (C=O) groups excluding carboxylic acids is 1. The molecule has 4 rings (SSSR count). The molecule has 0 unspecified atom stereocenters. The van der Waals surface area contributed by atoms with Crippen LogP contribution in [0.1, 0.15) is 13.3 Å². The molecule has 0 radical (unpaired) electrons. The van der Waals surface area contributed by atoms with Crippen LogP contribution in [-0.4, -0.2) is 63.4 Å². The van der Waals surface area contributed by atoms with Gasteiger partial charge >= 0.3 is 5.97 Å². The Labute approximate surface area is 211 Å². The number of piperazine rings is 1. The maximum absolute atomic E-state index is 10.9. The van der Waals surface area contributed by atoms with E-state index >= 15 is 0 Å². The molecule has 0 bridgehead atoms. The average Bonchev–Trinajstić information content (AvgIpc) is 2.74. The van der Waals surface area contributed by atoms with E-state index in [2.05, 4.69) is 22.0 Å². The summed E-state index contributed by atoms with van der Waals surface area (Å²) in [6.45, 7) is 9.66. The van der Waals surface area contributed by atoms with Gasteiger partial charge in [-0.3, -0.25) is 4.79 Å². The van der Waals surface area contributed by atoms with Gasteiger partial charge in [0.1, 0.15) is 45.1 Å². The summed E-state index contributed by atoms with van der Waals surface area (Å²) in [6.07, 6.45) is 2.98. The van der Waals surface area contributed by atoms with Crippen LogP contribution >= 0.6 is 23.4 Å². The number of rotatable bonds is 7. The average molecular weight is 520 g/mol. The number of aromatic nitrogens is 1. The van der Waals surface area contributed by atoms with Gasteiger partial charge in [-0.2, -0.15) is 0 Å². The molecule has 0 atom stereocenters. The number of ether oxygens (including phenoxy) is 1. The van der Waals surface area contributed by atoms with Crippen molar-refractivity contribution in [2.45, 2.75) is 23.1 Å². The predicted octanol–water partition coefficient (Wildman–Crippen LogP) is -4.92. The van der Waals surface area contributed by atoms with Gasteiger partial charge in [-0.1, -0.05) is 23.4 Å². The second kappa shape index (κ2) is 12.9.